The summed E-state index contributed by atoms with van der Waals surface area (Å²) >= 11 is 0. The highest BCUT2D eigenvalue weighted by Crippen LogP contribution is 2.28. The SMILES string of the molecule is O=C(O)c1ccc(CN2CCCc3ccccc32)o1. The quantitative estimate of drug-likeness (QED) is 0.918. The van der Waals surface area contributed by atoms with Gasteiger partial charge in [0, 0.05) is 12.2 Å². The Morgan fingerprint density at radius 2 is 2.11 bits per heavy atom. The van der Waals surface area contributed by atoms with Crippen LogP contribution in [0.2, 0.25) is 0 Å². The third-order valence-corrected chi connectivity index (χ3v) is 3.43. The van der Waals surface area contributed by atoms with Crippen molar-refractivity contribution in [3.63, 3.8) is 0 Å². The van der Waals surface area contributed by atoms with E-state index in [2.05, 4.69) is 23.1 Å². The van der Waals surface area contributed by atoms with Crippen molar-refractivity contribution in [2.45, 2.75) is 19.4 Å². The standard InChI is InChI=1S/C15H15NO3/c17-15(18)14-8-7-12(19-14)10-16-9-3-5-11-4-1-2-6-13(11)16/h1-2,4,6-8H,3,5,9-10H2,(H,17,18). The number of furan rings is 1. The lowest BCUT2D eigenvalue weighted by molar-refractivity contribution is 0.0660. The molecule has 98 valence electrons. The fourth-order valence-electron chi connectivity index (χ4n) is 2.54. The summed E-state index contributed by atoms with van der Waals surface area (Å²) in [6, 6.07) is 11.6. The van der Waals surface area contributed by atoms with E-state index < -0.39 is 5.97 Å². The lowest BCUT2D eigenvalue weighted by Gasteiger charge is -2.30. The van der Waals surface area contributed by atoms with Crippen molar-refractivity contribution in [2.24, 2.45) is 0 Å². The Morgan fingerprint density at radius 1 is 1.26 bits per heavy atom. The fraction of sp³-hybridized carbons (Fsp3) is 0.267. The molecule has 0 fully saturated rings. The molecule has 3 rings (SSSR count). The molecule has 1 aromatic carbocycles. The number of benzene rings is 1. The van der Waals surface area contributed by atoms with Gasteiger partial charge in [0.05, 0.1) is 6.54 Å². The number of fused-ring (bicyclic) bond motifs is 1. The van der Waals surface area contributed by atoms with E-state index in [1.165, 1.54) is 17.3 Å². The van der Waals surface area contributed by atoms with Crippen LogP contribution in [-0.4, -0.2) is 17.6 Å². The first-order chi connectivity index (χ1) is 9.24. The van der Waals surface area contributed by atoms with Gasteiger partial charge >= 0.3 is 5.97 Å². The molecule has 0 saturated carbocycles. The Balaban J connectivity index is 1.82. The van der Waals surface area contributed by atoms with Crippen LogP contribution in [0.25, 0.3) is 0 Å². The zero-order chi connectivity index (χ0) is 13.2. The Kier molecular flexibility index (Phi) is 2.99. The van der Waals surface area contributed by atoms with E-state index in [0.29, 0.717) is 12.3 Å². The van der Waals surface area contributed by atoms with Gasteiger partial charge in [0.1, 0.15) is 5.76 Å². The van der Waals surface area contributed by atoms with Crippen LogP contribution in [-0.2, 0) is 13.0 Å². The molecule has 1 aromatic heterocycles. The molecule has 1 aliphatic heterocycles. The van der Waals surface area contributed by atoms with Crippen molar-refractivity contribution in [3.05, 3.63) is 53.5 Å². The number of carboxylic acid groups (broad SMARTS) is 1. The van der Waals surface area contributed by atoms with E-state index in [9.17, 15) is 4.79 Å². The van der Waals surface area contributed by atoms with Crippen LogP contribution >= 0.6 is 0 Å². The third kappa shape index (κ3) is 2.34. The van der Waals surface area contributed by atoms with E-state index in [1.54, 1.807) is 6.07 Å². The molecule has 0 amide bonds. The zero-order valence-electron chi connectivity index (χ0n) is 10.5. The van der Waals surface area contributed by atoms with E-state index in [4.69, 9.17) is 9.52 Å². The van der Waals surface area contributed by atoms with Gasteiger partial charge in [0.15, 0.2) is 0 Å². The largest absolute Gasteiger partial charge is 0.475 e. The average molecular weight is 257 g/mol. The van der Waals surface area contributed by atoms with Crippen LogP contribution in [0, 0.1) is 0 Å². The highest BCUT2D eigenvalue weighted by atomic mass is 16.4. The van der Waals surface area contributed by atoms with Crippen molar-refractivity contribution in [3.8, 4) is 0 Å². The first-order valence-electron chi connectivity index (χ1n) is 6.39. The maximum Gasteiger partial charge on any atom is 0.371 e. The van der Waals surface area contributed by atoms with Gasteiger partial charge in [-0.2, -0.15) is 0 Å². The monoisotopic (exact) mass is 257 g/mol. The minimum absolute atomic E-state index is 0.000273. The molecule has 4 heteroatoms. The number of hydrogen-bond donors (Lipinski definition) is 1. The van der Waals surface area contributed by atoms with Gasteiger partial charge < -0.3 is 14.4 Å². The van der Waals surface area contributed by atoms with Crippen molar-refractivity contribution in [1.29, 1.82) is 0 Å². The summed E-state index contributed by atoms with van der Waals surface area (Å²) in [4.78, 5) is 13.0. The predicted molar refractivity (Wildman–Crippen MR) is 71.5 cm³/mol. The molecule has 2 aromatic rings. The maximum atomic E-state index is 10.8. The number of hydrogen-bond acceptors (Lipinski definition) is 3. The number of nitrogens with zero attached hydrogens (tertiary/aromatic N) is 1. The van der Waals surface area contributed by atoms with Gasteiger partial charge in [-0.15, -0.1) is 0 Å². The number of anilines is 1. The number of para-hydroxylation sites is 1. The molecule has 2 heterocycles. The molecule has 0 atom stereocenters. The zero-order valence-corrected chi connectivity index (χ0v) is 10.5. The van der Waals surface area contributed by atoms with Crippen LogP contribution in [0.4, 0.5) is 5.69 Å². The minimum atomic E-state index is -1.02. The summed E-state index contributed by atoms with van der Waals surface area (Å²) in [5, 5.41) is 8.85. The topological polar surface area (TPSA) is 53.7 Å². The molecule has 19 heavy (non-hydrogen) atoms. The Bertz CT molecular complexity index is 603. The van der Waals surface area contributed by atoms with Crippen LogP contribution in [0.15, 0.2) is 40.8 Å². The summed E-state index contributed by atoms with van der Waals surface area (Å²) in [6.07, 6.45) is 2.22. The van der Waals surface area contributed by atoms with Crippen LogP contribution in [0.5, 0.6) is 0 Å². The third-order valence-electron chi connectivity index (χ3n) is 3.43. The average Bonchev–Trinajstić information content (AvgIpc) is 2.88. The molecule has 1 aliphatic rings. The number of carboxylic acids is 1. The second kappa shape index (κ2) is 4.80. The van der Waals surface area contributed by atoms with Gasteiger partial charge in [0.25, 0.3) is 0 Å². The number of rotatable bonds is 3. The van der Waals surface area contributed by atoms with Crippen LogP contribution < -0.4 is 4.90 Å². The molecule has 0 spiro atoms. The summed E-state index contributed by atoms with van der Waals surface area (Å²) in [6.45, 7) is 1.59. The number of carbonyl (C=O) groups is 1. The van der Waals surface area contributed by atoms with Crippen molar-refractivity contribution < 1.29 is 14.3 Å². The fourth-order valence-corrected chi connectivity index (χ4v) is 2.54. The van der Waals surface area contributed by atoms with E-state index in [-0.39, 0.29) is 5.76 Å². The Morgan fingerprint density at radius 3 is 2.89 bits per heavy atom. The highest BCUT2D eigenvalue weighted by Gasteiger charge is 2.18. The lowest BCUT2D eigenvalue weighted by atomic mass is 10.0. The second-order valence-corrected chi connectivity index (χ2v) is 4.72. The van der Waals surface area contributed by atoms with E-state index in [0.717, 1.165) is 19.4 Å². The summed E-state index contributed by atoms with van der Waals surface area (Å²) in [7, 11) is 0. The van der Waals surface area contributed by atoms with Gasteiger partial charge in [-0.05, 0) is 36.6 Å². The van der Waals surface area contributed by atoms with E-state index in [1.807, 2.05) is 6.07 Å². The molecule has 0 unspecified atom stereocenters. The van der Waals surface area contributed by atoms with Crippen molar-refractivity contribution in [2.75, 3.05) is 11.4 Å². The lowest BCUT2D eigenvalue weighted by Crippen LogP contribution is -2.28. The Hall–Kier alpha value is -2.23. The number of aryl methyl sites for hydroxylation is 1. The highest BCUT2D eigenvalue weighted by molar-refractivity contribution is 5.84. The molecular formula is C15H15NO3. The van der Waals surface area contributed by atoms with Gasteiger partial charge in [-0.3, -0.25) is 0 Å². The van der Waals surface area contributed by atoms with Gasteiger partial charge in [0.2, 0.25) is 5.76 Å². The maximum absolute atomic E-state index is 10.8. The molecule has 0 saturated heterocycles. The molecular weight excluding hydrogens is 242 g/mol. The summed E-state index contributed by atoms with van der Waals surface area (Å²) in [5.74, 6) is -0.334. The Labute approximate surface area is 111 Å². The molecule has 0 aliphatic carbocycles. The number of aromatic carboxylic acids is 1. The summed E-state index contributed by atoms with van der Waals surface area (Å²) < 4.78 is 5.32. The molecule has 4 nitrogen and oxygen atoms in total. The predicted octanol–water partition coefficient (Wildman–Crippen LogP) is 2.93. The molecule has 0 bridgehead atoms. The van der Waals surface area contributed by atoms with Gasteiger partial charge in [-0.25, -0.2) is 4.79 Å². The molecule has 0 radical (unpaired) electrons. The first-order valence-corrected chi connectivity index (χ1v) is 6.39. The van der Waals surface area contributed by atoms with Crippen molar-refractivity contribution in [1.82, 2.24) is 0 Å². The van der Waals surface area contributed by atoms with Gasteiger partial charge in [-0.1, -0.05) is 18.2 Å². The minimum Gasteiger partial charge on any atom is -0.475 e. The first kappa shape index (κ1) is 11.8. The smallest absolute Gasteiger partial charge is 0.371 e. The summed E-state index contributed by atoms with van der Waals surface area (Å²) in [5.41, 5.74) is 2.57. The van der Waals surface area contributed by atoms with E-state index >= 15 is 0 Å². The second-order valence-electron chi connectivity index (χ2n) is 4.72. The molecule has 1 N–H and O–H groups in total. The van der Waals surface area contributed by atoms with Crippen LogP contribution in [0.3, 0.4) is 0 Å². The normalized spacial score (nSPS) is 14.2. The van der Waals surface area contributed by atoms with Crippen molar-refractivity contribution >= 4 is 11.7 Å². The van der Waals surface area contributed by atoms with Crippen LogP contribution in [0.1, 0.15) is 28.3 Å².